The van der Waals surface area contributed by atoms with Gasteiger partial charge in [0, 0.05) is 36.2 Å². The summed E-state index contributed by atoms with van der Waals surface area (Å²) >= 11 is 6.21. The molecule has 0 unspecified atom stereocenters. The molecule has 2 aliphatic heterocycles. The third-order valence-corrected chi connectivity index (χ3v) is 7.14. The molecule has 2 amide bonds. The smallest absolute Gasteiger partial charge is 0.272 e. The Kier molecular flexibility index (Phi) is 5.10. The number of nitrogens with one attached hydrogen (secondary N) is 1. The lowest BCUT2D eigenvalue weighted by atomic mass is 9.98. The number of hydrogen-bond donors (Lipinski definition) is 1. The predicted octanol–water partition coefficient (Wildman–Crippen LogP) is 3.79. The number of H-pyrrole nitrogens is 1. The van der Waals surface area contributed by atoms with E-state index >= 15 is 0 Å². The van der Waals surface area contributed by atoms with Crippen molar-refractivity contribution in [2.45, 2.75) is 39.0 Å². The fourth-order valence-corrected chi connectivity index (χ4v) is 5.21. The summed E-state index contributed by atoms with van der Waals surface area (Å²) in [6, 6.07) is 9.82. The number of benzene rings is 1. The summed E-state index contributed by atoms with van der Waals surface area (Å²) in [6.45, 7) is 3.75. The average molecular weight is 493 g/mol. The number of fused-ring (bicyclic) bond motifs is 4. The third-order valence-electron chi connectivity index (χ3n) is 6.81. The van der Waals surface area contributed by atoms with Gasteiger partial charge in [-0.05, 0) is 37.3 Å². The number of rotatable bonds is 3. The van der Waals surface area contributed by atoms with E-state index in [1.807, 2.05) is 25.1 Å². The van der Waals surface area contributed by atoms with E-state index in [0.29, 0.717) is 42.2 Å². The van der Waals surface area contributed by atoms with Gasteiger partial charge in [-0.1, -0.05) is 17.7 Å². The molecule has 0 spiro atoms. The van der Waals surface area contributed by atoms with Gasteiger partial charge < -0.3 is 14.8 Å². The first-order valence-corrected chi connectivity index (χ1v) is 11.8. The molecule has 1 aromatic carbocycles. The zero-order valence-corrected chi connectivity index (χ0v) is 19.7. The largest absolute Gasteiger partial charge is 0.348 e. The fourth-order valence-electron chi connectivity index (χ4n) is 4.99. The first kappa shape index (κ1) is 21.8. The standard InChI is InChI=1S/C25H22ClFN6O2/c1-14-10-20-17(13-32(14)24(34)21-11-16-18(26)5-6-19(27)22(16)29-21)23-25(35)31(8-9-33(23)30-20)12-15-4-2-3-7-28-15/h2-7,11,14,29H,8-10,12-13H2,1H3/t14-/m1/s1. The van der Waals surface area contributed by atoms with Crippen molar-refractivity contribution in [2.24, 2.45) is 0 Å². The van der Waals surface area contributed by atoms with Crippen molar-refractivity contribution < 1.29 is 14.0 Å². The van der Waals surface area contributed by atoms with Gasteiger partial charge in [-0.2, -0.15) is 5.10 Å². The number of aromatic amines is 1. The molecule has 178 valence electrons. The highest BCUT2D eigenvalue weighted by Crippen LogP contribution is 2.31. The van der Waals surface area contributed by atoms with E-state index in [2.05, 4.69) is 9.97 Å². The molecule has 2 aliphatic rings. The molecule has 1 N–H and O–H groups in total. The lowest BCUT2D eigenvalue weighted by Gasteiger charge is -2.33. The average Bonchev–Trinajstić information content (AvgIpc) is 3.46. The lowest BCUT2D eigenvalue weighted by Crippen LogP contribution is -2.44. The van der Waals surface area contributed by atoms with Gasteiger partial charge in [-0.25, -0.2) is 4.39 Å². The molecule has 1 atom stereocenters. The van der Waals surface area contributed by atoms with Crippen LogP contribution in [0.1, 0.15) is 44.9 Å². The van der Waals surface area contributed by atoms with Crippen LogP contribution < -0.4 is 0 Å². The van der Waals surface area contributed by atoms with Gasteiger partial charge >= 0.3 is 0 Å². The van der Waals surface area contributed by atoms with Crippen molar-refractivity contribution in [1.29, 1.82) is 0 Å². The molecular weight excluding hydrogens is 471 g/mol. The molecule has 35 heavy (non-hydrogen) atoms. The Balaban J connectivity index is 1.31. The summed E-state index contributed by atoms with van der Waals surface area (Å²) < 4.78 is 16.0. The minimum Gasteiger partial charge on any atom is -0.348 e. The SMILES string of the molecule is C[C@@H]1Cc2nn3c(c2CN1C(=O)c1cc2c(Cl)ccc(F)c2[nH]1)C(=O)N(Cc1ccccn1)CC3. The van der Waals surface area contributed by atoms with Crippen LogP contribution in [0.4, 0.5) is 4.39 Å². The van der Waals surface area contributed by atoms with Crippen LogP contribution in [0.3, 0.4) is 0 Å². The van der Waals surface area contributed by atoms with Crippen molar-refractivity contribution in [3.8, 4) is 0 Å². The molecule has 4 aromatic rings. The van der Waals surface area contributed by atoms with Gasteiger partial charge in [-0.15, -0.1) is 0 Å². The molecule has 0 saturated carbocycles. The first-order chi connectivity index (χ1) is 16.9. The van der Waals surface area contributed by atoms with Crippen molar-refractivity contribution in [3.63, 3.8) is 0 Å². The number of carbonyl (C=O) groups is 2. The molecule has 6 rings (SSSR count). The number of carbonyl (C=O) groups excluding carboxylic acids is 2. The van der Waals surface area contributed by atoms with Gasteiger partial charge in [0.1, 0.15) is 17.2 Å². The van der Waals surface area contributed by atoms with E-state index in [1.54, 1.807) is 26.7 Å². The number of hydrogen-bond acceptors (Lipinski definition) is 4. The Bertz CT molecular complexity index is 1440. The van der Waals surface area contributed by atoms with Crippen LogP contribution in [0.15, 0.2) is 42.6 Å². The Hall–Kier alpha value is -3.72. The Morgan fingerprint density at radius 2 is 2.11 bits per heavy atom. The van der Waals surface area contributed by atoms with E-state index in [9.17, 15) is 14.0 Å². The van der Waals surface area contributed by atoms with E-state index < -0.39 is 5.82 Å². The van der Waals surface area contributed by atoms with Gasteiger partial charge in [0.25, 0.3) is 11.8 Å². The molecule has 0 saturated heterocycles. The van der Waals surface area contributed by atoms with Gasteiger partial charge in [0.05, 0.1) is 41.6 Å². The predicted molar refractivity (Wildman–Crippen MR) is 128 cm³/mol. The number of pyridine rings is 1. The van der Waals surface area contributed by atoms with Crippen LogP contribution in [0.25, 0.3) is 10.9 Å². The van der Waals surface area contributed by atoms with E-state index in [1.165, 1.54) is 12.1 Å². The van der Waals surface area contributed by atoms with Crippen molar-refractivity contribution in [2.75, 3.05) is 6.54 Å². The lowest BCUT2D eigenvalue weighted by molar-refractivity contribution is 0.0633. The highest BCUT2D eigenvalue weighted by atomic mass is 35.5. The second-order valence-electron chi connectivity index (χ2n) is 9.03. The maximum absolute atomic E-state index is 14.3. The van der Waals surface area contributed by atoms with E-state index in [-0.39, 0.29) is 35.6 Å². The summed E-state index contributed by atoms with van der Waals surface area (Å²) in [4.78, 5) is 37.6. The van der Waals surface area contributed by atoms with E-state index in [0.717, 1.165) is 17.0 Å². The summed E-state index contributed by atoms with van der Waals surface area (Å²) in [6.07, 6.45) is 2.24. The topological polar surface area (TPSA) is 87.1 Å². The number of aromatic nitrogens is 4. The molecule has 0 fully saturated rings. The van der Waals surface area contributed by atoms with Gasteiger partial charge in [0.15, 0.2) is 0 Å². The number of nitrogens with zero attached hydrogens (tertiary/aromatic N) is 5. The maximum Gasteiger partial charge on any atom is 0.272 e. The first-order valence-electron chi connectivity index (χ1n) is 11.5. The van der Waals surface area contributed by atoms with Crippen LogP contribution in [-0.4, -0.2) is 53.9 Å². The monoisotopic (exact) mass is 492 g/mol. The summed E-state index contributed by atoms with van der Waals surface area (Å²) in [5, 5.41) is 5.53. The van der Waals surface area contributed by atoms with Crippen molar-refractivity contribution in [1.82, 2.24) is 29.5 Å². The van der Waals surface area contributed by atoms with E-state index in [4.69, 9.17) is 16.7 Å². The molecule has 0 radical (unpaired) electrons. The molecule has 0 aliphatic carbocycles. The molecule has 3 aromatic heterocycles. The summed E-state index contributed by atoms with van der Waals surface area (Å²) in [7, 11) is 0. The Labute approximate surface area is 205 Å². The number of amides is 2. The zero-order valence-electron chi connectivity index (χ0n) is 19.0. The normalized spacial score (nSPS) is 17.6. The van der Waals surface area contributed by atoms with Crippen LogP contribution in [0.2, 0.25) is 5.02 Å². The molecule has 5 heterocycles. The third kappa shape index (κ3) is 3.58. The van der Waals surface area contributed by atoms with Gasteiger partial charge in [-0.3, -0.25) is 19.3 Å². The second kappa shape index (κ2) is 8.20. The minimum absolute atomic E-state index is 0.114. The molecule has 0 bridgehead atoms. The van der Waals surface area contributed by atoms with Crippen molar-refractivity contribution in [3.05, 3.63) is 81.8 Å². The van der Waals surface area contributed by atoms with Crippen molar-refractivity contribution >= 4 is 34.3 Å². The highest BCUT2D eigenvalue weighted by molar-refractivity contribution is 6.35. The number of halogens is 2. The van der Waals surface area contributed by atoms with Crippen LogP contribution in [0, 0.1) is 5.82 Å². The second-order valence-corrected chi connectivity index (χ2v) is 9.44. The van der Waals surface area contributed by atoms with Crippen LogP contribution >= 0.6 is 11.6 Å². The Morgan fingerprint density at radius 3 is 2.89 bits per heavy atom. The quantitative estimate of drug-likeness (QED) is 0.471. The molecule has 10 heteroatoms. The molecule has 8 nitrogen and oxygen atoms in total. The minimum atomic E-state index is -0.471. The fraction of sp³-hybridized carbons (Fsp3) is 0.280. The van der Waals surface area contributed by atoms with Gasteiger partial charge in [0.2, 0.25) is 0 Å². The summed E-state index contributed by atoms with van der Waals surface area (Å²) in [5.74, 6) is -0.859. The van der Waals surface area contributed by atoms with Crippen LogP contribution in [0.5, 0.6) is 0 Å². The summed E-state index contributed by atoms with van der Waals surface area (Å²) in [5.41, 5.74) is 3.42. The zero-order chi connectivity index (χ0) is 24.3. The van der Waals surface area contributed by atoms with Crippen LogP contribution in [-0.2, 0) is 26.1 Å². The highest BCUT2D eigenvalue weighted by Gasteiger charge is 2.37. The molecular formula is C25H22ClFN6O2. The maximum atomic E-state index is 14.3. The Morgan fingerprint density at radius 1 is 1.26 bits per heavy atom.